The van der Waals surface area contributed by atoms with E-state index in [-0.39, 0.29) is 34.3 Å². The zero-order chi connectivity index (χ0) is 24.6. The number of benzene rings is 2. The SMILES string of the molecule is O=S(=O)(Nc1ncns1)c1ccc2c(c1)OCC[C@H]2N1CC[C@H](C(F)F)C[C@@H]1c1ccc(F)cc1. The summed E-state index contributed by atoms with van der Waals surface area (Å²) in [5, 5.41) is 0.158. The number of halogens is 3. The van der Waals surface area contributed by atoms with Crippen LogP contribution in [0.25, 0.3) is 0 Å². The largest absolute Gasteiger partial charge is 0.493 e. The van der Waals surface area contributed by atoms with Crippen LogP contribution in [0.1, 0.15) is 42.5 Å². The van der Waals surface area contributed by atoms with Crippen LogP contribution in [0, 0.1) is 11.7 Å². The Morgan fingerprint density at radius 3 is 2.63 bits per heavy atom. The first-order chi connectivity index (χ1) is 16.8. The highest BCUT2D eigenvalue weighted by Gasteiger charge is 2.39. The van der Waals surface area contributed by atoms with Crippen molar-refractivity contribution in [2.45, 2.75) is 42.7 Å². The molecule has 186 valence electrons. The van der Waals surface area contributed by atoms with Gasteiger partial charge in [-0.25, -0.2) is 26.6 Å². The van der Waals surface area contributed by atoms with Crippen molar-refractivity contribution in [3.8, 4) is 5.75 Å². The van der Waals surface area contributed by atoms with Crippen LogP contribution in [0.15, 0.2) is 53.7 Å². The summed E-state index contributed by atoms with van der Waals surface area (Å²) >= 11 is 0.927. The molecular weight excluding hydrogens is 501 g/mol. The van der Waals surface area contributed by atoms with Crippen LogP contribution in [-0.4, -0.2) is 42.3 Å². The Labute approximate surface area is 205 Å². The molecule has 0 amide bonds. The standard InChI is InChI=1S/C23H23F3N4O3S2/c24-16-3-1-14(2-4-16)20-11-15(22(25)26)7-9-30(20)19-8-10-33-21-12-17(5-6-18(19)21)35(31,32)29-23-27-13-28-34-23/h1-6,12-13,15,19-20,22H,7-11H2,(H,27,28,29)/t15-,19+,20+/m0/s1. The summed E-state index contributed by atoms with van der Waals surface area (Å²) in [6.45, 7) is 0.801. The van der Waals surface area contributed by atoms with Gasteiger partial charge in [0, 0.05) is 47.6 Å². The monoisotopic (exact) mass is 524 g/mol. The van der Waals surface area contributed by atoms with Gasteiger partial charge < -0.3 is 4.74 Å². The molecule has 3 aromatic rings. The van der Waals surface area contributed by atoms with Gasteiger partial charge in [-0.05, 0) is 43.1 Å². The normalized spacial score (nSPS) is 23.0. The van der Waals surface area contributed by atoms with Crippen molar-refractivity contribution in [3.63, 3.8) is 0 Å². The lowest BCUT2D eigenvalue weighted by Crippen LogP contribution is -2.42. The van der Waals surface area contributed by atoms with E-state index in [0.717, 1.165) is 22.7 Å². The lowest BCUT2D eigenvalue weighted by atomic mass is 9.84. The number of fused-ring (bicyclic) bond motifs is 1. The Morgan fingerprint density at radius 1 is 1.11 bits per heavy atom. The fourth-order valence-electron chi connectivity index (χ4n) is 4.88. The quantitative estimate of drug-likeness (QED) is 0.488. The smallest absolute Gasteiger partial charge is 0.263 e. The second kappa shape index (κ2) is 9.75. The minimum Gasteiger partial charge on any atom is -0.493 e. The van der Waals surface area contributed by atoms with Gasteiger partial charge in [0.1, 0.15) is 17.9 Å². The van der Waals surface area contributed by atoms with Crippen molar-refractivity contribution in [3.05, 3.63) is 65.7 Å². The molecule has 0 radical (unpaired) electrons. The second-order valence-corrected chi connectivity index (χ2v) is 11.1. The lowest BCUT2D eigenvalue weighted by Gasteiger charge is -2.45. The molecule has 0 aliphatic carbocycles. The van der Waals surface area contributed by atoms with E-state index in [1.54, 1.807) is 18.2 Å². The Kier molecular flexibility index (Phi) is 6.69. The number of nitrogens with zero attached hydrogens (tertiary/aromatic N) is 3. The van der Waals surface area contributed by atoms with Crippen molar-refractivity contribution >= 4 is 26.7 Å². The van der Waals surface area contributed by atoms with Gasteiger partial charge in [-0.3, -0.25) is 9.62 Å². The molecule has 3 heterocycles. The number of hydrogen-bond acceptors (Lipinski definition) is 7. The zero-order valence-corrected chi connectivity index (χ0v) is 20.1. The number of piperidine rings is 1. The third kappa shape index (κ3) is 5.00. The molecule has 0 spiro atoms. The molecule has 2 aromatic carbocycles. The second-order valence-electron chi connectivity index (χ2n) is 8.63. The molecule has 2 aliphatic rings. The Morgan fingerprint density at radius 2 is 1.91 bits per heavy atom. The van der Waals surface area contributed by atoms with Gasteiger partial charge in [0.05, 0.1) is 11.5 Å². The van der Waals surface area contributed by atoms with E-state index in [4.69, 9.17) is 4.74 Å². The van der Waals surface area contributed by atoms with Crippen LogP contribution in [0.5, 0.6) is 5.75 Å². The third-order valence-corrected chi connectivity index (χ3v) is 8.63. The van der Waals surface area contributed by atoms with Gasteiger partial charge >= 0.3 is 0 Å². The minimum absolute atomic E-state index is 0.0265. The molecule has 1 fully saturated rings. The van der Waals surface area contributed by atoms with Crippen LogP contribution < -0.4 is 9.46 Å². The summed E-state index contributed by atoms with van der Waals surface area (Å²) in [4.78, 5) is 6.05. The molecule has 5 rings (SSSR count). The number of ether oxygens (including phenoxy) is 1. The molecule has 1 N–H and O–H groups in total. The number of hydrogen-bond donors (Lipinski definition) is 1. The number of rotatable bonds is 6. The fraction of sp³-hybridized carbons (Fsp3) is 0.391. The number of likely N-dealkylation sites (tertiary alicyclic amines) is 1. The molecule has 3 atom stereocenters. The summed E-state index contributed by atoms with van der Waals surface area (Å²) in [7, 11) is -3.89. The van der Waals surface area contributed by atoms with Gasteiger partial charge in [-0.1, -0.05) is 18.2 Å². The summed E-state index contributed by atoms with van der Waals surface area (Å²) in [5.74, 6) is -0.677. The van der Waals surface area contributed by atoms with Crippen LogP contribution in [0.4, 0.5) is 18.3 Å². The predicted molar refractivity (Wildman–Crippen MR) is 125 cm³/mol. The van der Waals surface area contributed by atoms with E-state index in [9.17, 15) is 21.6 Å². The average molecular weight is 525 g/mol. The maximum Gasteiger partial charge on any atom is 0.263 e. The molecule has 1 aromatic heterocycles. The first-order valence-corrected chi connectivity index (χ1v) is 13.4. The first kappa shape index (κ1) is 24.0. The topological polar surface area (TPSA) is 84.4 Å². The molecule has 0 bridgehead atoms. The molecular formula is C23H23F3N4O3S2. The maximum atomic E-state index is 13.6. The first-order valence-electron chi connectivity index (χ1n) is 11.2. The van der Waals surface area contributed by atoms with E-state index in [1.807, 2.05) is 0 Å². The number of alkyl halides is 2. The number of anilines is 1. The van der Waals surface area contributed by atoms with Crippen molar-refractivity contribution in [1.29, 1.82) is 0 Å². The van der Waals surface area contributed by atoms with Gasteiger partial charge in [0.25, 0.3) is 10.0 Å². The third-order valence-electron chi connectivity index (χ3n) is 6.58. The van der Waals surface area contributed by atoms with E-state index < -0.39 is 22.4 Å². The Balaban J connectivity index is 1.45. The van der Waals surface area contributed by atoms with Gasteiger partial charge in [0.15, 0.2) is 0 Å². The van der Waals surface area contributed by atoms with Crippen LogP contribution in [0.3, 0.4) is 0 Å². The predicted octanol–water partition coefficient (Wildman–Crippen LogP) is 5.02. The Hall–Kier alpha value is -2.70. The van der Waals surface area contributed by atoms with Crippen LogP contribution in [-0.2, 0) is 10.0 Å². The van der Waals surface area contributed by atoms with Gasteiger partial charge in [-0.15, -0.1) is 0 Å². The summed E-state index contributed by atoms with van der Waals surface area (Å²) in [6, 6.07) is 10.2. The summed E-state index contributed by atoms with van der Waals surface area (Å²) in [5.41, 5.74) is 1.58. The van der Waals surface area contributed by atoms with E-state index >= 15 is 0 Å². The van der Waals surface area contributed by atoms with E-state index in [2.05, 4.69) is 19.0 Å². The van der Waals surface area contributed by atoms with Gasteiger partial charge in [-0.2, -0.15) is 4.37 Å². The Bertz CT molecular complexity index is 1270. The highest BCUT2D eigenvalue weighted by Crippen LogP contribution is 2.46. The van der Waals surface area contributed by atoms with Crippen molar-refractivity contribution in [1.82, 2.24) is 14.3 Å². The van der Waals surface area contributed by atoms with Crippen LogP contribution in [0.2, 0.25) is 0 Å². The van der Waals surface area contributed by atoms with Crippen molar-refractivity contribution < 1.29 is 26.3 Å². The summed E-state index contributed by atoms with van der Waals surface area (Å²) in [6.07, 6.45) is 0.0706. The van der Waals surface area contributed by atoms with Gasteiger partial charge in [0.2, 0.25) is 11.6 Å². The number of nitrogens with one attached hydrogen (secondary N) is 1. The maximum absolute atomic E-state index is 13.6. The molecule has 2 aliphatic heterocycles. The van der Waals surface area contributed by atoms with Crippen molar-refractivity contribution in [2.24, 2.45) is 5.92 Å². The molecule has 7 nitrogen and oxygen atoms in total. The lowest BCUT2D eigenvalue weighted by molar-refractivity contribution is -0.0134. The zero-order valence-electron chi connectivity index (χ0n) is 18.5. The van der Waals surface area contributed by atoms with Crippen LogP contribution >= 0.6 is 11.5 Å². The molecule has 12 heteroatoms. The fourth-order valence-corrected chi connectivity index (χ4v) is 6.56. The number of sulfonamides is 1. The molecule has 35 heavy (non-hydrogen) atoms. The number of aromatic nitrogens is 2. The van der Waals surface area contributed by atoms with Crippen molar-refractivity contribution in [2.75, 3.05) is 17.9 Å². The molecule has 0 unspecified atom stereocenters. The highest BCUT2D eigenvalue weighted by molar-refractivity contribution is 7.93. The average Bonchev–Trinajstić information content (AvgIpc) is 3.36. The van der Waals surface area contributed by atoms with E-state index in [1.165, 1.54) is 30.6 Å². The summed E-state index contributed by atoms with van der Waals surface area (Å²) < 4.78 is 78.3. The molecule has 0 saturated carbocycles. The molecule has 1 saturated heterocycles. The minimum atomic E-state index is -3.89. The highest BCUT2D eigenvalue weighted by atomic mass is 32.2. The van der Waals surface area contributed by atoms with E-state index in [0.29, 0.717) is 31.7 Å².